The molecular formula is C14H17Cl2NO4. The maximum atomic E-state index is 12.2. The van der Waals surface area contributed by atoms with E-state index < -0.39 is 5.97 Å². The van der Waals surface area contributed by atoms with Crippen molar-refractivity contribution >= 4 is 29.2 Å². The van der Waals surface area contributed by atoms with Crippen LogP contribution in [-0.2, 0) is 9.47 Å². The highest BCUT2D eigenvalue weighted by molar-refractivity contribution is 6.37. The highest BCUT2D eigenvalue weighted by Crippen LogP contribution is 2.34. The van der Waals surface area contributed by atoms with Crippen LogP contribution in [0.1, 0.15) is 10.4 Å². The molecule has 21 heavy (non-hydrogen) atoms. The van der Waals surface area contributed by atoms with Crippen LogP contribution in [0.5, 0.6) is 5.75 Å². The minimum absolute atomic E-state index is 0.161. The number of hydrogen-bond donors (Lipinski definition) is 0. The Labute approximate surface area is 133 Å². The van der Waals surface area contributed by atoms with E-state index in [0.29, 0.717) is 24.8 Å². The van der Waals surface area contributed by atoms with Crippen LogP contribution in [0.3, 0.4) is 0 Å². The Bertz CT molecular complexity index is 504. The van der Waals surface area contributed by atoms with Crippen molar-refractivity contribution in [2.45, 2.75) is 0 Å². The third-order valence-electron chi connectivity index (χ3n) is 3.21. The van der Waals surface area contributed by atoms with E-state index >= 15 is 0 Å². The maximum Gasteiger partial charge on any atom is 0.343 e. The normalized spacial score (nSPS) is 15.8. The largest absolute Gasteiger partial charge is 0.494 e. The van der Waals surface area contributed by atoms with Gasteiger partial charge >= 0.3 is 5.97 Å². The van der Waals surface area contributed by atoms with E-state index in [0.717, 1.165) is 13.1 Å². The molecule has 0 radical (unpaired) electrons. The fourth-order valence-electron chi connectivity index (χ4n) is 2.09. The molecular weight excluding hydrogens is 317 g/mol. The number of hydrogen-bond acceptors (Lipinski definition) is 5. The van der Waals surface area contributed by atoms with E-state index in [2.05, 4.69) is 4.90 Å². The summed E-state index contributed by atoms with van der Waals surface area (Å²) in [5.41, 5.74) is 0.161. The van der Waals surface area contributed by atoms with Crippen LogP contribution in [0.2, 0.25) is 10.0 Å². The lowest BCUT2D eigenvalue weighted by Gasteiger charge is -2.26. The molecule has 0 unspecified atom stereocenters. The van der Waals surface area contributed by atoms with Gasteiger partial charge < -0.3 is 14.2 Å². The average molecular weight is 334 g/mol. The van der Waals surface area contributed by atoms with Crippen molar-refractivity contribution in [1.82, 2.24) is 4.90 Å². The molecule has 1 aromatic carbocycles. The van der Waals surface area contributed by atoms with E-state index in [9.17, 15) is 4.79 Å². The molecule has 0 spiro atoms. The van der Waals surface area contributed by atoms with Gasteiger partial charge in [0, 0.05) is 19.6 Å². The predicted octanol–water partition coefficient (Wildman–Crippen LogP) is 2.49. The van der Waals surface area contributed by atoms with Crippen LogP contribution in [-0.4, -0.2) is 57.4 Å². The summed E-state index contributed by atoms with van der Waals surface area (Å²) in [5, 5.41) is 0.578. The highest BCUT2D eigenvalue weighted by Gasteiger charge is 2.21. The minimum atomic E-state index is -0.535. The van der Waals surface area contributed by atoms with Crippen molar-refractivity contribution in [1.29, 1.82) is 0 Å². The van der Waals surface area contributed by atoms with Crippen LogP contribution in [0.4, 0.5) is 0 Å². The van der Waals surface area contributed by atoms with Crippen molar-refractivity contribution in [3.63, 3.8) is 0 Å². The molecule has 1 fully saturated rings. The molecule has 116 valence electrons. The second-order valence-electron chi connectivity index (χ2n) is 4.53. The average Bonchev–Trinajstić information content (AvgIpc) is 2.50. The van der Waals surface area contributed by atoms with Gasteiger partial charge in [-0.15, -0.1) is 0 Å². The molecule has 2 rings (SSSR count). The molecule has 7 heteroatoms. The summed E-state index contributed by atoms with van der Waals surface area (Å²) in [6.07, 6.45) is 0. The van der Waals surface area contributed by atoms with Crippen molar-refractivity contribution in [2.24, 2.45) is 0 Å². The van der Waals surface area contributed by atoms with Gasteiger partial charge in [0.2, 0.25) is 0 Å². The number of methoxy groups -OCH3 is 1. The van der Waals surface area contributed by atoms with E-state index in [1.807, 2.05) is 0 Å². The third kappa shape index (κ3) is 4.23. The number of benzene rings is 1. The Morgan fingerprint density at radius 3 is 2.62 bits per heavy atom. The zero-order chi connectivity index (χ0) is 15.2. The van der Waals surface area contributed by atoms with E-state index in [1.54, 1.807) is 12.1 Å². The van der Waals surface area contributed by atoms with E-state index in [-0.39, 0.29) is 22.9 Å². The van der Waals surface area contributed by atoms with Gasteiger partial charge in [-0.2, -0.15) is 0 Å². The smallest absolute Gasteiger partial charge is 0.343 e. The number of ether oxygens (including phenoxy) is 3. The second kappa shape index (κ2) is 7.84. The summed E-state index contributed by atoms with van der Waals surface area (Å²) >= 11 is 12.0. The zero-order valence-electron chi connectivity index (χ0n) is 11.7. The Morgan fingerprint density at radius 2 is 1.95 bits per heavy atom. The van der Waals surface area contributed by atoms with Gasteiger partial charge in [-0.05, 0) is 12.1 Å². The van der Waals surface area contributed by atoms with Gasteiger partial charge in [0.15, 0.2) is 5.75 Å². The standard InChI is InChI=1S/C14H17Cl2NO4/c1-19-13-11(16)3-2-10(15)12(13)14(18)21-9-6-17-4-7-20-8-5-17/h2-3H,4-9H2,1H3. The van der Waals surface area contributed by atoms with Gasteiger partial charge in [-0.3, -0.25) is 4.90 Å². The van der Waals surface area contributed by atoms with Crippen LogP contribution in [0, 0.1) is 0 Å². The Hall–Kier alpha value is -1.01. The number of rotatable bonds is 5. The first-order valence-electron chi connectivity index (χ1n) is 6.62. The van der Waals surface area contributed by atoms with Crippen LogP contribution >= 0.6 is 23.2 Å². The third-order valence-corrected chi connectivity index (χ3v) is 3.82. The predicted molar refractivity (Wildman–Crippen MR) is 80.6 cm³/mol. The number of esters is 1. The van der Waals surface area contributed by atoms with Crippen LogP contribution in [0.15, 0.2) is 12.1 Å². The van der Waals surface area contributed by atoms with E-state index in [4.69, 9.17) is 37.4 Å². The molecule has 5 nitrogen and oxygen atoms in total. The van der Waals surface area contributed by atoms with Gasteiger partial charge in [0.25, 0.3) is 0 Å². The molecule has 0 atom stereocenters. The SMILES string of the molecule is COc1c(Cl)ccc(Cl)c1C(=O)OCCN1CCOCC1. The number of nitrogens with zero attached hydrogens (tertiary/aromatic N) is 1. The van der Waals surface area contributed by atoms with Crippen molar-refractivity contribution in [3.05, 3.63) is 27.7 Å². The summed E-state index contributed by atoms with van der Waals surface area (Å²) in [6, 6.07) is 3.12. The Kier molecular flexibility index (Phi) is 6.11. The molecule has 0 aliphatic carbocycles. The zero-order valence-corrected chi connectivity index (χ0v) is 13.2. The summed E-state index contributed by atoms with van der Waals surface area (Å²) in [6.45, 7) is 4.06. The fraction of sp³-hybridized carbons (Fsp3) is 0.500. The quantitative estimate of drug-likeness (QED) is 0.775. The van der Waals surface area contributed by atoms with Gasteiger partial charge in [0.05, 0.1) is 30.4 Å². The Balaban J connectivity index is 1.95. The van der Waals surface area contributed by atoms with Gasteiger partial charge in [-0.1, -0.05) is 23.2 Å². The molecule has 0 saturated carbocycles. The first-order valence-corrected chi connectivity index (χ1v) is 7.38. The first kappa shape index (κ1) is 16.4. The molecule has 1 heterocycles. The molecule has 0 aromatic heterocycles. The molecule has 1 aliphatic rings. The lowest BCUT2D eigenvalue weighted by Crippen LogP contribution is -2.38. The molecule has 1 aromatic rings. The van der Waals surface area contributed by atoms with Crippen molar-refractivity contribution in [3.8, 4) is 5.75 Å². The molecule has 0 N–H and O–H groups in total. The number of morpholine rings is 1. The Morgan fingerprint density at radius 1 is 1.29 bits per heavy atom. The monoisotopic (exact) mass is 333 g/mol. The topological polar surface area (TPSA) is 48.0 Å². The summed E-state index contributed by atoms with van der Waals surface area (Å²) in [5.74, 6) is -0.298. The van der Waals surface area contributed by atoms with Crippen LogP contribution in [0.25, 0.3) is 0 Å². The minimum Gasteiger partial charge on any atom is -0.494 e. The number of halogens is 2. The van der Waals surface area contributed by atoms with Gasteiger partial charge in [-0.25, -0.2) is 4.79 Å². The summed E-state index contributed by atoms with van der Waals surface area (Å²) < 4.78 is 15.7. The number of carbonyl (C=O) groups is 1. The first-order chi connectivity index (χ1) is 10.1. The second-order valence-corrected chi connectivity index (χ2v) is 5.34. The molecule has 0 amide bonds. The number of carbonyl (C=O) groups excluding carboxylic acids is 1. The highest BCUT2D eigenvalue weighted by atomic mass is 35.5. The molecule has 1 aliphatic heterocycles. The molecule has 0 bridgehead atoms. The van der Waals surface area contributed by atoms with Crippen LogP contribution < -0.4 is 4.74 Å². The maximum absolute atomic E-state index is 12.2. The van der Waals surface area contributed by atoms with Crippen molar-refractivity contribution < 1.29 is 19.0 Å². The molecule has 1 saturated heterocycles. The summed E-state index contributed by atoms with van der Waals surface area (Å²) in [7, 11) is 1.43. The van der Waals surface area contributed by atoms with E-state index in [1.165, 1.54) is 7.11 Å². The summed E-state index contributed by atoms with van der Waals surface area (Å²) in [4.78, 5) is 14.3. The lowest BCUT2D eigenvalue weighted by molar-refractivity contribution is 0.0194. The van der Waals surface area contributed by atoms with Gasteiger partial charge in [0.1, 0.15) is 12.2 Å². The fourth-order valence-corrected chi connectivity index (χ4v) is 2.55. The lowest BCUT2D eigenvalue weighted by atomic mass is 10.2. The van der Waals surface area contributed by atoms with Crippen molar-refractivity contribution in [2.75, 3.05) is 46.6 Å².